The summed E-state index contributed by atoms with van der Waals surface area (Å²) in [6.07, 6.45) is 0. The number of rotatable bonds is 8. The molecule has 30 heavy (non-hydrogen) atoms. The summed E-state index contributed by atoms with van der Waals surface area (Å²) in [6, 6.07) is 8.14. The lowest BCUT2D eigenvalue weighted by atomic mass is 10.1. The van der Waals surface area contributed by atoms with Crippen molar-refractivity contribution in [1.82, 2.24) is 0 Å². The Morgan fingerprint density at radius 1 is 0.800 bits per heavy atom. The molecule has 0 amide bonds. The minimum Gasteiger partial charge on any atom is -0.465 e. The molecule has 0 bridgehead atoms. The lowest BCUT2D eigenvalue weighted by molar-refractivity contribution is 0.0594. The number of thioether (sulfide) groups is 2. The Balaban J connectivity index is 1.75. The van der Waals surface area contributed by atoms with Crippen LogP contribution in [0.25, 0.3) is 0 Å². The molecule has 0 atom stereocenters. The van der Waals surface area contributed by atoms with E-state index in [2.05, 4.69) is 12.1 Å². The summed E-state index contributed by atoms with van der Waals surface area (Å²) in [5, 5.41) is 0. The molecule has 0 saturated carbocycles. The molecule has 0 fully saturated rings. The number of hydrogen-bond donors (Lipinski definition) is 0. The van der Waals surface area contributed by atoms with E-state index in [9.17, 15) is 9.59 Å². The van der Waals surface area contributed by atoms with E-state index in [1.165, 1.54) is 59.6 Å². The molecule has 0 unspecified atom stereocenters. The quantitative estimate of drug-likeness (QED) is 0.162. The lowest BCUT2D eigenvalue weighted by Gasteiger charge is -2.09. The first kappa shape index (κ1) is 24.1. The molecule has 2 heterocycles. The maximum absolute atomic E-state index is 12.0. The lowest BCUT2D eigenvalue weighted by Crippen LogP contribution is -1.99. The molecule has 158 valence electrons. The highest BCUT2D eigenvalue weighted by Gasteiger charge is 2.19. The predicted octanol–water partition coefficient (Wildman–Crippen LogP) is 7.55. The molecular formula is C18H14O4S8. The van der Waals surface area contributed by atoms with Crippen molar-refractivity contribution in [3.63, 3.8) is 0 Å². The van der Waals surface area contributed by atoms with E-state index in [1.807, 2.05) is 12.1 Å². The van der Waals surface area contributed by atoms with E-state index >= 15 is 0 Å². The third kappa shape index (κ3) is 6.00. The fourth-order valence-corrected chi connectivity index (χ4v) is 10.7. The molecule has 2 aromatic heterocycles. The Hall–Kier alpha value is -0.600. The standard InChI is InChI=1S/C18H14O4S8/c1-21-13(19)11-15(29-17(23)27-11)25-7-9-5-3-4-6-10(9)8-26-16-12(14(20)22-2)28-18(24)30-16/h3-6H,7-8H2,1-2H3. The molecule has 0 aliphatic rings. The number of esters is 2. The summed E-state index contributed by atoms with van der Waals surface area (Å²) in [5.74, 6) is 0.693. The van der Waals surface area contributed by atoms with E-state index < -0.39 is 0 Å². The van der Waals surface area contributed by atoms with Crippen molar-refractivity contribution >= 4 is 105 Å². The molecule has 0 radical (unpaired) electrons. The van der Waals surface area contributed by atoms with Gasteiger partial charge in [-0.3, -0.25) is 0 Å². The molecule has 0 N–H and O–H groups in total. The van der Waals surface area contributed by atoms with E-state index in [0.29, 0.717) is 27.5 Å². The molecule has 12 heteroatoms. The van der Waals surface area contributed by atoms with Gasteiger partial charge in [0.05, 0.1) is 22.6 Å². The Bertz CT molecular complexity index is 1080. The Morgan fingerprint density at radius 2 is 1.20 bits per heavy atom. The van der Waals surface area contributed by atoms with Gasteiger partial charge in [0.2, 0.25) is 0 Å². The summed E-state index contributed by atoms with van der Waals surface area (Å²) in [5.41, 5.74) is 2.32. The fraction of sp³-hybridized carbons (Fsp3) is 0.222. The van der Waals surface area contributed by atoms with Crippen LogP contribution in [-0.4, -0.2) is 26.2 Å². The Kier molecular flexibility index (Phi) is 9.07. The number of ether oxygens (including phenoxy) is 2. The number of carbonyl (C=O) groups is 2. The van der Waals surface area contributed by atoms with E-state index in [-0.39, 0.29) is 11.9 Å². The van der Waals surface area contributed by atoms with Crippen LogP contribution < -0.4 is 0 Å². The maximum atomic E-state index is 12.0. The molecule has 3 rings (SSSR count). The second kappa shape index (κ2) is 11.3. The van der Waals surface area contributed by atoms with Crippen LogP contribution in [0.15, 0.2) is 32.7 Å². The van der Waals surface area contributed by atoms with Crippen molar-refractivity contribution in [3.8, 4) is 0 Å². The van der Waals surface area contributed by atoms with Gasteiger partial charge in [0.25, 0.3) is 0 Å². The third-order valence-corrected chi connectivity index (χ3v) is 11.8. The molecule has 0 saturated heterocycles. The topological polar surface area (TPSA) is 52.6 Å². The van der Waals surface area contributed by atoms with Crippen LogP contribution in [0.2, 0.25) is 0 Å². The number of benzene rings is 1. The number of hydrogen-bond acceptors (Lipinski definition) is 12. The minimum absolute atomic E-state index is 0.354. The Morgan fingerprint density at radius 3 is 1.57 bits per heavy atom. The summed E-state index contributed by atoms with van der Waals surface area (Å²) in [6.45, 7) is 0. The van der Waals surface area contributed by atoms with Gasteiger partial charge in [0.15, 0.2) is 0 Å². The minimum atomic E-state index is -0.354. The van der Waals surface area contributed by atoms with Crippen molar-refractivity contribution in [2.24, 2.45) is 0 Å². The number of methoxy groups -OCH3 is 2. The van der Waals surface area contributed by atoms with Crippen LogP contribution in [0.4, 0.5) is 0 Å². The maximum Gasteiger partial charge on any atom is 0.350 e. The van der Waals surface area contributed by atoms with Gasteiger partial charge >= 0.3 is 11.9 Å². The fourth-order valence-electron chi connectivity index (χ4n) is 2.29. The summed E-state index contributed by atoms with van der Waals surface area (Å²) < 4.78 is 12.9. The van der Waals surface area contributed by atoms with Crippen molar-refractivity contribution < 1.29 is 19.1 Å². The van der Waals surface area contributed by atoms with Crippen LogP contribution in [-0.2, 0) is 21.0 Å². The summed E-state index contributed by atoms with van der Waals surface area (Å²) in [7, 11) is 2.75. The largest absolute Gasteiger partial charge is 0.465 e. The number of carbonyl (C=O) groups excluding carboxylic acids is 2. The van der Waals surface area contributed by atoms with E-state index in [4.69, 9.17) is 33.9 Å². The molecule has 3 aromatic rings. The third-order valence-electron chi connectivity index (χ3n) is 3.67. The molecule has 4 nitrogen and oxygen atoms in total. The van der Waals surface area contributed by atoms with Gasteiger partial charge in [-0.05, 0) is 11.1 Å². The molecule has 0 spiro atoms. The first-order valence-corrected chi connectivity index (χ1v) is 14.2. The monoisotopic (exact) mass is 550 g/mol. The predicted molar refractivity (Wildman–Crippen MR) is 134 cm³/mol. The highest BCUT2D eigenvalue weighted by molar-refractivity contribution is 8.01. The SMILES string of the molecule is COC(=O)c1sc(=S)sc1SCc1ccccc1CSc1sc(=S)sc1C(=O)OC. The van der Waals surface area contributed by atoms with Gasteiger partial charge in [-0.1, -0.05) is 48.7 Å². The van der Waals surface area contributed by atoms with Gasteiger partial charge in [-0.2, -0.15) is 0 Å². The molecular weight excluding hydrogens is 537 g/mol. The summed E-state index contributed by atoms with van der Waals surface area (Å²) >= 11 is 19.1. The van der Waals surface area contributed by atoms with Gasteiger partial charge in [-0.15, -0.1) is 68.9 Å². The highest BCUT2D eigenvalue weighted by atomic mass is 32.2. The average molecular weight is 551 g/mol. The van der Waals surface area contributed by atoms with Crippen LogP contribution in [0.3, 0.4) is 0 Å². The first-order valence-electron chi connectivity index (χ1n) is 8.19. The zero-order valence-electron chi connectivity index (χ0n) is 15.6. The summed E-state index contributed by atoms with van der Waals surface area (Å²) in [4.78, 5) is 25.1. The van der Waals surface area contributed by atoms with E-state index in [1.54, 1.807) is 23.5 Å². The second-order valence-electron chi connectivity index (χ2n) is 5.47. The van der Waals surface area contributed by atoms with Gasteiger partial charge in [0, 0.05) is 11.5 Å². The smallest absolute Gasteiger partial charge is 0.350 e. The molecule has 0 aliphatic heterocycles. The van der Waals surface area contributed by atoms with Crippen LogP contribution in [0.5, 0.6) is 0 Å². The van der Waals surface area contributed by atoms with Gasteiger partial charge in [-0.25, -0.2) is 9.59 Å². The van der Waals surface area contributed by atoms with Crippen LogP contribution in [0, 0.1) is 6.28 Å². The normalized spacial score (nSPS) is 10.7. The van der Waals surface area contributed by atoms with Gasteiger partial charge in [0.1, 0.15) is 16.0 Å². The average Bonchev–Trinajstić information content (AvgIpc) is 3.32. The van der Waals surface area contributed by atoms with Crippen molar-refractivity contribution in [1.29, 1.82) is 0 Å². The molecule has 0 aliphatic carbocycles. The molecule has 1 aromatic carbocycles. The first-order chi connectivity index (χ1) is 14.4. The van der Waals surface area contributed by atoms with Crippen LogP contribution in [0.1, 0.15) is 30.5 Å². The highest BCUT2D eigenvalue weighted by Crippen LogP contribution is 2.39. The second-order valence-corrected chi connectivity index (χ2v) is 14.4. The van der Waals surface area contributed by atoms with E-state index in [0.717, 1.165) is 19.5 Å². The van der Waals surface area contributed by atoms with Crippen molar-refractivity contribution in [2.75, 3.05) is 14.2 Å². The Labute approximate surface area is 208 Å². The van der Waals surface area contributed by atoms with Crippen LogP contribution >= 0.6 is 93.3 Å². The van der Waals surface area contributed by atoms with Gasteiger partial charge < -0.3 is 9.47 Å². The van der Waals surface area contributed by atoms with Crippen molar-refractivity contribution in [2.45, 2.75) is 19.9 Å². The van der Waals surface area contributed by atoms with Crippen molar-refractivity contribution in [3.05, 3.63) is 51.4 Å². The zero-order chi connectivity index (χ0) is 21.7. The zero-order valence-corrected chi connectivity index (χ0v) is 22.2.